The van der Waals surface area contributed by atoms with Crippen molar-refractivity contribution in [3.8, 4) is 0 Å². The zero-order valence-corrected chi connectivity index (χ0v) is 12.1. The van der Waals surface area contributed by atoms with Crippen molar-refractivity contribution >= 4 is 29.3 Å². The Bertz CT molecular complexity index is 406. The van der Waals surface area contributed by atoms with Crippen molar-refractivity contribution in [2.45, 2.75) is 37.7 Å². The van der Waals surface area contributed by atoms with Crippen LogP contribution in [0, 0.1) is 0 Å². The molecule has 17 heavy (non-hydrogen) atoms. The Balaban J connectivity index is 2.85. The minimum absolute atomic E-state index is 0.132. The van der Waals surface area contributed by atoms with Gasteiger partial charge in [-0.2, -0.15) is 0 Å². The van der Waals surface area contributed by atoms with E-state index in [1.165, 1.54) is 6.92 Å². The summed E-state index contributed by atoms with van der Waals surface area (Å²) in [6, 6.07) is 5.97. The second-order valence-corrected chi connectivity index (χ2v) is 5.25. The maximum atomic E-state index is 10.9. The number of carbonyl (C=O) groups excluding carboxylic acids is 1. The molecule has 0 aliphatic carbocycles. The minimum Gasteiger partial charge on any atom is -0.462 e. The quantitative estimate of drug-likeness (QED) is 0.609. The molecule has 1 aromatic carbocycles. The molecule has 2 nitrogen and oxygen atoms in total. The molecule has 0 radical (unpaired) electrons. The predicted octanol–water partition coefficient (Wildman–Crippen LogP) is 4.12. The van der Waals surface area contributed by atoms with Gasteiger partial charge in [-0.15, -0.1) is 11.8 Å². The van der Waals surface area contributed by atoms with Crippen LogP contribution in [-0.2, 0) is 9.53 Å². The number of rotatable bonds is 4. The van der Waals surface area contributed by atoms with Gasteiger partial charge in [0.25, 0.3) is 0 Å². The van der Waals surface area contributed by atoms with Crippen LogP contribution < -0.4 is 0 Å². The molecule has 1 aromatic rings. The number of esters is 1. The Morgan fingerprint density at radius 3 is 2.53 bits per heavy atom. The molecule has 0 aromatic heterocycles. The predicted molar refractivity (Wildman–Crippen MR) is 72.9 cm³/mol. The Hall–Kier alpha value is -0.670. The Morgan fingerprint density at radius 2 is 2.06 bits per heavy atom. The van der Waals surface area contributed by atoms with E-state index < -0.39 is 0 Å². The Kier molecular flexibility index (Phi) is 5.34. The first-order chi connectivity index (χ1) is 7.95. The molecule has 0 bridgehead atoms. The molecular formula is C13H17ClO2S. The highest BCUT2D eigenvalue weighted by atomic mass is 35.5. The van der Waals surface area contributed by atoms with Crippen LogP contribution >= 0.6 is 23.4 Å². The first kappa shape index (κ1) is 14.4. The number of carbonyl (C=O) groups is 1. The summed E-state index contributed by atoms with van der Waals surface area (Å²) in [5.41, 5.74) is 1.08. The molecule has 0 saturated heterocycles. The van der Waals surface area contributed by atoms with Gasteiger partial charge in [-0.3, -0.25) is 4.79 Å². The fourth-order valence-corrected chi connectivity index (χ4v) is 2.48. The lowest BCUT2D eigenvalue weighted by atomic mass is 9.96. The molecule has 0 amide bonds. The Morgan fingerprint density at radius 1 is 1.41 bits per heavy atom. The average Bonchev–Trinajstić information content (AvgIpc) is 2.27. The van der Waals surface area contributed by atoms with Crippen LogP contribution in [0.2, 0.25) is 5.02 Å². The van der Waals surface area contributed by atoms with Gasteiger partial charge in [-0.1, -0.05) is 24.6 Å². The fraction of sp³-hybridized carbons (Fsp3) is 0.462. The topological polar surface area (TPSA) is 26.3 Å². The molecule has 94 valence electrons. The molecule has 0 unspecified atom stereocenters. The molecule has 0 spiro atoms. The van der Waals surface area contributed by atoms with Gasteiger partial charge in [-0.05, 0) is 30.9 Å². The molecule has 0 aliphatic heterocycles. The third-order valence-electron chi connectivity index (χ3n) is 2.76. The van der Waals surface area contributed by atoms with E-state index >= 15 is 0 Å². The molecule has 0 N–H and O–H groups in total. The van der Waals surface area contributed by atoms with Crippen molar-refractivity contribution in [3.05, 3.63) is 28.8 Å². The highest BCUT2D eigenvalue weighted by molar-refractivity contribution is 7.98. The molecular weight excluding hydrogens is 256 g/mol. The molecule has 0 fully saturated rings. The number of benzene rings is 1. The van der Waals surface area contributed by atoms with Crippen LogP contribution in [0.1, 0.15) is 32.3 Å². The van der Waals surface area contributed by atoms with Crippen molar-refractivity contribution in [3.63, 3.8) is 0 Å². The van der Waals surface area contributed by atoms with E-state index in [9.17, 15) is 4.79 Å². The zero-order chi connectivity index (χ0) is 13.0. The van der Waals surface area contributed by atoms with Gasteiger partial charge in [0, 0.05) is 17.7 Å². The first-order valence-electron chi connectivity index (χ1n) is 5.46. The maximum absolute atomic E-state index is 10.9. The molecule has 1 rings (SSSR count). The van der Waals surface area contributed by atoms with Crippen LogP contribution in [0.25, 0.3) is 0 Å². The first-order valence-corrected chi connectivity index (χ1v) is 7.06. The second-order valence-electron chi connectivity index (χ2n) is 4.00. The number of hydrogen-bond acceptors (Lipinski definition) is 3. The zero-order valence-electron chi connectivity index (χ0n) is 10.5. The van der Waals surface area contributed by atoms with Crippen LogP contribution in [0.4, 0.5) is 0 Å². The monoisotopic (exact) mass is 272 g/mol. The van der Waals surface area contributed by atoms with Crippen LogP contribution in [0.15, 0.2) is 23.1 Å². The summed E-state index contributed by atoms with van der Waals surface area (Å²) in [6.07, 6.45) is 1.84. The summed E-state index contributed by atoms with van der Waals surface area (Å²) < 4.78 is 5.18. The number of ether oxygens (including phenoxy) is 1. The molecule has 4 heteroatoms. The fourth-order valence-electron chi connectivity index (χ4n) is 1.60. The van der Waals surface area contributed by atoms with Gasteiger partial charge >= 0.3 is 5.97 Å². The normalized spacial score (nSPS) is 14.2. The van der Waals surface area contributed by atoms with Gasteiger partial charge in [0.05, 0.1) is 5.02 Å². The van der Waals surface area contributed by atoms with Crippen molar-refractivity contribution in [1.29, 1.82) is 0 Å². The van der Waals surface area contributed by atoms with Crippen LogP contribution in [-0.4, -0.2) is 18.3 Å². The highest BCUT2D eigenvalue weighted by Gasteiger charge is 2.17. The van der Waals surface area contributed by atoms with E-state index in [1.807, 2.05) is 38.3 Å². The van der Waals surface area contributed by atoms with Crippen molar-refractivity contribution < 1.29 is 9.53 Å². The largest absolute Gasteiger partial charge is 0.462 e. The van der Waals surface area contributed by atoms with Crippen LogP contribution in [0.5, 0.6) is 0 Å². The van der Waals surface area contributed by atoms with E-state index in [2.05, 4.69) is 0 Å². The summed E-state index contributed by atoms with van der Waals surface area (Å²) >= 11 is 7.77. The van der Waals surface area contributed by atoms with Crippen molar-refractivity contribution in [2.24, 2.45) is 0 Å². The lowest BCUT2D eigenvalue weighted by Crippen LogP contribution is -2.19. The van der Waals surface area contributed by atoms with Gasteiger partial charge in [0.15, 0.2) is 0 Å². The smallest absolute Gasteiger partial charge is 0.302 e. The molecule has 0 aliphatic rings. The van der Waals surface area contributed by atoms with Gasteiger partial charge in [-0.25, -0.2) is 0 Å². The number of halogens is 1. The lowest BCUT2D eigenvalue weighted by molar-refractivity contribution is -0.146. The molecule has 0 heterocycles. The summed E-state index contributed by atoms with van der Waals surface area (Å²) in [6.45, 7) is 5.34. The maximum Gasteiger partial charge on any atom is 0.302 e. The van der Waals surface area contributed by atoms with E-state index in [1.54, 1.807) is 11.8 Å². The highest BCUT2D eigenvalue weighted by Crippen LogP contribution is 2.30. The van der Waals surface area contributed by atoms with Crippen LogP contribution in [0.3, 0.4) is 0 Å². The van der Waals surface area contributed by atoms with E-state index in [0.717, 1.165) is 15.5 Å². The third-order valence-corrected chi connectivity index (χ3v) is 3.98. The summed E-state index contributed by atoms with van der Waals surface area (Å²) in [7, 11) is 0. The van der Waals surface area contributed by atoms with Crippen molar-refractivity contribution in [1.82, 2.24) is 0 Å². The van der Waals surface area contributed by atoms with E-state index in [4.69, 9.17) is 16.3 Å². The average molecular weight is 273 g/mol. The summed E-state index contributed by atoms with van der Waals surface area (Å²) in [5.74, 6) is -0.122. The molecule has 2 atom stereocenters. The third kappa shape index (κ3) is 3.93. The minimum atomic E-state index is -0.254. The van der Waals surface area contributed by atoms with Gasteiger partial charge < -0.3 is 4.74 Å². The van der Waals surface area contributed by atoms with Gasteiger partial charge in [0.1, 0.15) is 6.10 Å². The Labute approximate surface area is 112 Å². The SMILES string of the molecule is CSc1ccc([C@@H](C)[C@H](C)OC(C)=O)cc1Cl. The standard InChI is InChI=1S/C13H17ClO2S/c1-8(9(2)16-10(3)15)11-5-6-13(17-4)12(14)7-11/h5-9H,1-4H3/t8-,9-/m0/s1. The second kappa shape index (κ2) is 6.31. The number of thioether (sulfide) groups is 1. The van der Waals surface area contributed by atoms with Gasteiger partial charge in [0.2, 0.25) is 0 Å². The van der Waals surface area contributed by atoms with E-state index in [0.29, 0.717) is 0 Å². The summed E-state index contributed by atoms with van der Waals surface area (Å²) in [5, 5.41) is 0.747. The number of hydrogen-bond donors (Lipinski definition) is 0. The lowest BCUT2D eigenvalue weighted by Gasteiger charge is -2.20. The van der Waals surface area contributed by atoms with Crippen molar-refractivity contribution in [2.75, 3.05) is 6.26 Å². The summed E-state index contributed by atoms with van der Waals surface area (Å²) in [4.78, 5) is 12.0. The molecule has 0 saturated carbocycles. The van der Waals surface area contributed by atoms with E-state index in [-0.39, 0.29) is 18.0 Å².